The zero-order chi connectivity index (χ0) is 12.7. The van der Waals surface area contributed by atoms with Crippen LogP contribution in [0.25, 0.3) is 0 Å². The van der Waals surface area contributed by atoms with E-state index in [1.807, 2.05) is 4.90 Å². The summed E-state index contributed by atoms with van der Waals surface area (Å²) in [6, 6.07) is 0. The van der Waals surface area contributed by atoms with Gasteiger partial charge in [0.15, 0.2) is 0 Å². The van der Waals surface area contributed by atoms with Gasteiger partial charge in [0, 0.05) is 24.9 Å². The Morgan fingerprint density at radius 1 is 1.24 bits per heavy atom. The molecule has 98 valence electrons. The number of carbonyl (C=O) groups excluding carboxylic acids is 2. The van der Waals surface area contributed by atoms with E-state index >= 15 is 0 Å². The predicted molar refractivity (Wildman–Crippen MR) is 68.7 cm³/mol. The minimum absolute atomic E-state index is 0.0383. The second-order valence-electron chi connectivity index (χ2n) is 5.04. The van der Waals surface area contributed by atoms with Gasteiger partial charge in [0.25, 0.3) is 0 Å². The third kappa shape index (κ3) is 3.83. The van der Waals surface area contributed by atoms with Crippen LogP contribution in [0.3, 0.4) is 0 Å². The zero-order valence-electron chi connectivity index (χ0n) is 11.2. The van der Waals surface area contributed by atoms with Gasteiger partial charge in [-0.15, -0.1) is 0 Å². The van der Waals surface area contributed by atoms with Crippen LogP contribution in [0.4, 0.5) is 0 Å². The molecule has 1 heterocycles. The highest BCUT2D eigenvalue weighted by molar-refractivity contribution is 5.85. The number of amides is 1. The number of unbranched alkanes of at least 4 members (excludes halogenated alkanes) is 3. The van der Waals surface area contributed by atoms with Gasteiger partial charge in [0.1, 0.15) is 6.29 Å². The molecule has 0 bridgehead atoms. The van der Waals surface area contributed by atoms with Gasteiger partial charge in [-0.1, -0.05) is 39.5 Å². The molecule has 1 rings (SSSR count). The van der Waals surface area contributed by atoms with E-state index in [9.17, 15) is 9.59 Å². The van der Waals surface area contributed by atoms with E-state index in [1.165, 1.54) is 19.3 Å². The van der Waals surface area contributed by atoms with Crippen LogP contribution < -0.4 is 0 Å². The summed E-state index contributed by atoms with van der Waals surface area (Å²) in [5, 5.41) is 0. The van der Waals surface area contributed by atoms with E-state index in [4.69, 9.17) is 0 Å². The molecule has 3 heteroatoms. The monoisotopic (exact) mass is 239 g/mol. The Balaban J connectivity index is 2.41. The molecule has 0 saturated carbocycles. The minimum Gasteiger partial charge on any atom is -0.342 e. The summed E-state index contributed by atoms with van der Waals surface area (Å²) in [7, 11) is 0. The second kappa shape index (κ2) is 7.46. The standard InChI is InChI=1S/C14H25NO2/c1-3-5-6-7-9-15-10-12(11-16)13(8-4-2)14(15)17/h11-13H,3-10H2,1-2H3. The third-order valence-electron chi connectivity index (χ3n) is 3.63. The quantitative estimate of drug-likeness (QED) is 0.482. The van der Waals surface area contributed by atoms with Crippen molar-refractivity contribution in [3.05, 3.63) is 0 Å². The summed E-state index contributed by atoms with van der Waals surface area (Å²) in [6.07, 6.45) is 7.51. The summed E-state index contributed by atoms with van der Waals surface area (Å²) in [5.74, 6) is 0.109. The lowest BCUT2D eigenvalue weighted by Crippen LogP contribution is -2.28. The summed E-state index contributed by atoms with van der Waals surface area (Å²) in [5.41, 5.74) is 0. The summed E-state index contributed by atoms with van der Waals surface area (Å²) in [6.45, 7) is 5.74. The number of aldehydes is 1. The predicted octanol–water partition coefficient (Wildman–Crippen LogP) is 2.64. The smallest absolute Gasteiger partial charge is 0.226 e. The molecular weight excluding hydrogens is 214 g/mol. The molecule has 2 unspecified atom stereocenters. The van der Waals surface area contributed by atoms with Crippen molar-refractivity contribution in [1.29, 1.82) is 0 Å². The topological polar surface area (TPSA) is 37.4 Å². The molecule has 1 amide bonds. The molecule has 0 radical (unpaired) electrons. The Kier molecular flexibility index (Phi) is 6.23. The van der Waals surface area contributed by atoms with Crippen LogP contribution >= 0.6 is 0 Å². The fourth-order valence-electron chi connectivity index (χ4n) is 2.61. The SMILES string of the molecule is CCCCCCN1CC(C=O)C(CCC)C1=O. The Bertz CT molecular complexity index is 253. The lowest BCUT2D eigenvalue weighted by atomic mass is 9.93. The molecule has 0 spiro atoms. The van der Waals surface area contributed by atoms with E-state index in [1.54, 1.807) is 0 Å². The van der Waals surface area contributed by atoms with Crippen LogP contribution in [0.2, 0.25) is 0 Å². The highest BCUT2D eigenvalue weighted by Gasteiger charge is 2.38. The molecule has 1 saturated heterocycles. The van der Waals surface area contributed by atoms with Crippen LogP contribution in [-0.2, 0) is 9.59 Å². The van der Waals surface area contributed by atoms with Crippen LogP contribution in [0.1, 0.15) is 52.4 Å². The first kappa shape index (κ1) is 14.2. The van der Waals surface area contributed by atoms with Gasteiger partial charge in [-0.2, -0.15) is 0 Å². The molecule has 0 aliphatic carbocycles. The highest BCUT2D eigenvalue weighted by atomic mass is 16.2. The molecule has 1 fully saturated rings. The van der Waals surface area contributed by atoms with Crippen LogP contribution in [0.15, 0.2) is 0 Å². The Labute approximate surface area is 105 Å². The van der Waals surface area contributed by atoms with E-state index in [2.05, 4.69) is 13.8 Å². The average molecular weight is 239 g/mol. The molecule has 17 heavy (non-hydrogen) atoms. The normalized spacial score (nSPS) is 24.4. The average Bonchev–Trinajstić information content (AvgIpc) is 2.63. The van der Waals surface area contributed by atoms with Gasteiger partial charge >= 0.3 is 0 Å². The van der Waals surface area contributed by atoms with Crippen molar-refractivity contribution in [3.63, 3.8) is 0 Å². The molecule has 1 aliphatic rings. The molecule has 3 nitrogen and oxygen atoms in total. The van der Waals surface area contributed by atoms with E-state index in [0.29, 0.717) is 6.54 Å². The maximum absolute atomic E-state index is 12.1. The number of carbonyl (C=O) groups is 2. The zero-order valence-corrected chi connectivity index (χ0v) is 11.2. The van der Waals surface area contributed by atoms with Crippen molar-refractivity contribution >= 4 is 12.2 Å². The van der Waals surface area contributed by atoms with Crippen molar-refractivity contribution in [2.75, 3.05) is 13.1 Å². The maximum atomic E-state index is 12.1. The van der Waals surface area contributed by atoms with Crippen LogP contribution in [0.5, 0.6) is 0 Å². The largest absolute Gasteiger partial charge is 0.342 e. The van der Waals surface area contributed by atoms with Gasteiger partial charge in [0.05, 0.1) is 0 Å². The minimum atomic E-state index is -0.0615. The second-order valence-corrected chi connectivity index (χ2v) is 5.04. The summed E-state index contributed by atoms with van der Waals surface area (Å²) >= 11 is 0. The van der Waals surface area contributed by atoms with Gasteiger partial charge in [-0.25, -0.2) is 0 Å². The van der Waals surface area contributed by atoms with Crippen molar-refractivity contribution in [1.82, 2.24) is 4.90 Å². The Hall–Kier alpha value is -0.860. The van der Waals surface area contributed by atoms with Crippen molar-refractivity contribution in [3.8, 4) is 0 Å². The number of nitrogens with zero attached hydrogens (tertiary/aromatic N) is 1. The lowest BCUT2D eigenvalue weighted by Gasteiger charge is -2.16. The molecule has 0 N–H and O–H groups in total. The Morgan fingerprint density at radius 3 is 2.59 bits per heavy atom. The fourth-order valence-corrected chi connectivity index (χ4v) is 2.61. The van der Waals surface area contributed by atoms with E-state index < -0.39 is 0 Å². The third-order valence-corrected chi connectivity index (χ3v) is 3.63. The van der Waals surface area contributed by atoms with Crippen molar-refractivity contribution in [2.45, 2.75) is 52.4 Å². The lowest BCUT2D eigenvalue weighted by molar-refractivity contribution is -0.132. The van der Waals surface area contributed by atoms with Gasteiger partial charge in [-0.3, -0.25) is 4.79 Å². The molecule has 0 aromatic rings. The maximum Gasteiger partial charge on any atom is 0.226 e. The number of rotatable bonds is 8. The number of likely N-dealkylation sites (tertiary alicyclic amines) is 1. The van der Waals surface area contributed by atoms with Crippen LogP contribution in [0, 0.1) is 11.8 Å². The highest BCUT2D eigenvalue weighted by Crippen LogP contribution is 2.27. The van der Waals surface area contributed by atoms with E-state index in [0.717, 1.165) is 32.1 Å². The molecular formula is C14H25NO2. The first-order valence-corrected chi connectivity index (χ1v) is 6.98. The molecule has 1 aliphatic heterocycles. The summed E-state index contributed by atoms with van der Waals surface area (Å²) < 4.78 is 0. The molecule has 0 aromatic carbocycles. The number of hydrogen-bond acceptors (Lipinski definition) is 2. The van der Waals surface area contributed by atoms with Crippen LogP contribution in [-0.4, -0.2) is 30.2 Å². The first-order chi connectivity index (χ1) is 8.24. The van der Waals surface area contributed by atoms with Gasteiger partial charge < -0.3 is 9.69 Å². The fraction of sp³-hybridized carbons (Fsp3) is 0.857. The van der Waals surface area contributed by atoms with Gasteiger partial charge in [0.2, 0.25) is 5.91 Å². The van der Waals surface area contributed by atoms with Gasteiger partial charge in [-0.05, 0) is 12.8 Å². The molecule has 0 aromatic heterocycles. The summed E-state index contributed by atoms with van der Waals surface area (Å²) in [4.78, 5) is 25.0. The molecule has 2 atom stereocenters. The first-order valence-electron chi connectivity index (χ1n) is 6.98. The number of hydrogen-bond donors (Lipinski definition) is 0. The Morgan fingerprint density at radius 2 is 2.00 bits per heavy atom. The van der Waals surface area contributed by atoms with Crippen molar-refractivity contribution < 1.29 is 9.59 Å². The van der Waals surface area contributed by atoms with Crippen molar-refractivity contribution in [2.24, 2.45) is 11.8 Å². The van der Waals surface area contributed by atoms with E-state index in [-0.39, 0.29) is 17.7 Å².